The Kier molecular flexibility index (Phi) is 4.56. The highest BCUT2D eigenvalue weighted by molar-refractivity contribution is 6.06. The van der Waals surface area contributed by atoms with Crippen LogP contribution in [0.5, 0.6) is 0 Å². The zero-order chi connectivity index (χ0) is 21.6. The van der Waals surface area contributed by atoms with Crippen LogP contribution in [0.4, 0.5) is 24.5 Å². The molecule has 30 heavy (non-hydrogen) atoms. The number of esters is 1. The third-order valence-electron chi connectivity index (χ3n) is 5.05. The van der Waals surface area contributed by atoms with E-state index in [1.54, 1.807) is 6.07 Å². The first-order chi connectivity index (χ1) is 14.2. The van der Waals surface area contributed by atoms with E-state index < -0.39 is 34.5 Å². The number of rotatable bonds is 3. The van der Waals surface area contributed by atoms with Crippen molar-refractivity contribution in [1.29, 1.82) is 0 Å². The van der Waals surface area contributed by atoms with Crippen molar-refractivity contribution >= 4 is 23.3 Å². The fraction of sp³-hybridized carbons (Fsp3) is 0.200. The minimum atomic E-state index is -4.52. The molecule has 10 heteroatoms. The van der Waals surface area contributed by atoms with Gasteiger partial charge < -0.3 is 4.74 Å². The molecule has 4 rings (SSSR count). The van der Waals surface area contributed by atoms with Crippen molar-refractivity contribution in [1.82, 2.24) is 0 Å². The summed E-state index contributed by atoms with van der Waals surface area (Å²) < 4.78 is 43.6. The monoisotopic (exact) mass is 418 g/mol. The van der Waals surface area contributed by atoms with Gasteiger partial charge in [-0.05, 0) is 29.8 Å². The lowest BCUT2D eigenvalue weighted by molar-refractivity contribution is -0.384. The van der Waals surface area contributed by atoms with Crippen LogP contribution in [0.15, 0.2) is 59.8 Å². The summed E-state index contributed by atoms with van der Waals surface area (Å²) in [4.78, 5) is 36.9. The number of hydrogen-bond donors (Lipinski definition) is 0. The van der Waals surface area contributed by atoms with Crippen molar-refractivity contribution in [3.8, 4) is 0 Å². The van der Waals surface area contributed by atoms with Gasteiger partial charge in [-0.15, -0.1) is 0 Å². The molecular weight excluding hydrogens is 405 g/mol. The second-order valence-corrected chi connectivity index (χ2v) is 6.82. The van der Waals surface area contributed by atoms with Gasteiger partial charge in [0.05, 0.1) is 21.8 Å². The van der Waals surface area contributed by atoms with E-state index in [1.165, 1.54) is 23.1 Å². The first-order valence-electron chi connectivity index (χ1n) is 8.81. The second-order valence-electron chi connectivity index (χ2n) is 6.82. The molecule has 0 saturated carbocycles. The van der Waals surface area contributed by atoms with Gasteiger partial charge in [0.15, 0.2) is 0 Å². The molecule has 154 valence electrons. The van der Waals surface area contributed by atoms with Crippen LogP contribution in [0, 0.1) is 10.1 Å². The van der Waals surface area contributed by atoms with Gasteiger partial charge in [-0.3, -0.25) is 19.8 Å². The van der Waals surface area contributed by atoms with Gasteiger partial charge in [-0.1, -0.05) is 12.1 Å². The van der Waals surface area contributed by atoms with Gasteiger partial charge in [0.1, 0.15) is 6.61 Å². The van der Waals surface area contributed by atoms with E-state index in [1.807, 2.05) is 0 Å². The topological polar surface area (TPSA) is 89.7 Å². The van der Waals surface area contributed by atoms with Crippen LogP contribution in [-0.2, 0) is 20.5 Å². The quantitative estimate of drug-likeness (QED) is 0.428. The zero-order valence-electron chi connectivity index (χ0n) is 15.2. The maximum atomic E-state index is 12.9. The van der Waals surface area contributed by atoms with Crippen LogP contribution >= 0.6 is 0 Å². The van der Waals surface area contributed by atoms with Crippen LogP contribution < -0.4 is 4.90 Å². The molecule has 0 radical (unpaired) electrons. The third-order valence-corrected chi connectivity index (χ3v) is 5.05. The smallest absolute Gasteiger partial charge is 0.416 e. The number of nitro benzene ring substituents is 1. The third kappa shape index (κ3) is 3.30. The minimum Gasteiger partial charge on any atom is -0.456 e. The highest BCUT2D eigenvalue weighted by atomic mass is 19.4. The number of hydrogen-bond acceptors (Lipinski definition) is 5. The summed E-state index contributed by atoms with van der Waals surface area (Å²) in [5.41, 5.74) is -0.0495. The van der Waals surface area contributed by atoms with E-state index in [4.69, 9.17) is 4.74 Å². The average molecular weight is 418 g/mol. The molecule has 0 unspecified atom stereocenters. The Morgan fingerprint density at radius 2 is 1.80 bits per heavy atom. The number of non-ortho nitro benzene ring substituents is 1. The Balaban J connectivity index is 1.77. The molecule has 0 N–H and O–H groups in total. The fourth-order valence-electron chi connectivity index (χ4n) is 3.69. The average Bonchev–Trinajstić information content (AvgIpc) is 3.08. The van der Waals surface area contributed by atoms with Gasteiger partial charge in [0.25, 0.3) is 5.69 Å². The molecule has 0 bridgehead atoms. The molecule has 0 aliphatic carbocycles. The van der Waals surface area contributed by atoms with Crippen molar-refractivity contribution in [2.45, 2.75) is 18.5 Å². The lowest BCUT2D eigenvalue weighted by Gasteiger charge is -2.32. The van der Waals surface area contributed by atoms with E-state index in [0.29, 0.717) is 5.56 Å². The number of nitro groups is 1. The van der Waals surface area contributed by atoms with Gasteiger partial charge in [-0.25, -0.2) is 4.79 Å². The predicted molar refractivity (Wildman–Crippen MR) is 97.4 cm³/mol. The molecule has 2 aliphatic heterocycles. The molecule has 0 spiro atoms. The molecule has 1 atom stereocenters. The van der Waals surface area contributed by atoms with Crippen LogP contribution in [0.3, 0.4) is 0 Å². The normalized spacial score (nSPS) is 19.0. The Hall–Kier alpha value is -3.69. The lowest BCUT2D eigenvalue weighted by Crippen LogP contribution is -2.37. The van der Waals surface area contributed by atoms with Gasteiger partial charge in [0.2, 0.25) is 5.91 Å². The maximum absolute atomic E-state index is 12.9. The van der Waals surface area contributed by atoms with E-state index in [2.05, 4.69) is 0 Å². The summed E-state index contributed by atoms with van der Waals surface area (Å²) in [5.74, 6) is -1.86. The van der Waals surface area contributed by atoms with E-state index in [9.17, 15) is 32.9 Å². The Bertz CT molecular complexity index is 1090. The molecule has 0 aromatic heterocycles. The molecule has 2 aromatic rings. The largest absolute Gasteiger partial charge is 0.456 e. The summed E-state index contributed by atoms with van der Waals surface area (Å²) in [6.07, 6.45) is -4.70. The molecule has 2 heterocycles. The van der Waals surface area contributed by atoms with Gasteiger partial charge in [-0.2, -0.15) is 13.2 Å². The van der Waals surface area contributed by atoms with Crippen molar-refractivity contribution in [2.75, 3.05) is 11.5 Å². The van der Waals surface area contributed by atoms with Crippen LogP contribution in [0.2, 0.25) is 0 Å². The standard InChI is InChI=1S/C20H13F3N2O5/c21-20(22,23)12-4-6-13(7-5-12)24-16-10-30-19(27)18(16)15(9-17(24)26)11-2-1-3-14(8-11)25(28)29/h1-8,15H,9-10H2/t15-/m0/s1. The highest BCUT2D eigenvalue weighted by Gasteiger charge is 2.43. The number of anilines is 1. The maximum Gasteiger partial charge on any atom is 0.416 e. The second kappa shape index (κ2) is 6.97. The van der Waals surface area contributed by atoms with E-state index in [-0.39, 0.29) is 35.7 Å². The van der Waals surface area contributed by atoms with Crippen LogP contribution in [0.1, 0.15) is 23.5 Å². The SMILES string of the molecule is O=C1OCC2=C1[C@H](c1cccc([N+](=O)[O-])c1)CC(=O)N2c1ccc(C(F)(F)F)cc1. The first-order valence-corrected chi connectivity index (χ1v) is 8.81. The number of benzene rings is 2. The number of amides is 1. The molecule has 2 aromatic carbocycles. The summed E-state index contributed by atoms with van der Waals surface area (Å²) in [5, 5.41) is 11.1. The van der Waals surface area contributed by atoms with Crippen molar-refractivity contribution in [3.63, 3.8) is 0 Å². The Labute approximate surface area is 167 Å². The molecule has 2 aliphatic rings. The number of ether oxygens (including phenoxy) is 1. The van der Waals surface area contributed by atoms with Crippen molar-refractivity contribution in [2.24, 2.45) is 0 Å². The summed E-state index contributed by atoms with van der Waals surface area (Å²) >= 11 is 0. The number of halogens is 3. The number of nitrogens with zero attached hydrogens (tertiary/aromatic N) is 2. The summed E-state index contributed by atoms with van der Waals surface area (Å²) in [6.45, 7) is -0.216. The Morgan fingerprint density at radius 3 is 2.43 bits per heavy atom. The molecule has 7 nitrogen and oxygen atoms in total. The predicted octanol–water partition coefficient (Wildman–Crippen LogP) is 3.95. The minimum absolute atomic E-state index is 0.176. The molecule has 0 saturated heterocycles. The van der Waals surface area contributed by atoms with Gasteiger partial charge >= 0.3 is 12.1 Å². The number of carbonyl (C=O) groups is 2. The first kappa shape index (κ1) is 19.6. The summed E-state index contributed by atoms with van der Waals surface area (Å²) in [7, 11) is 0. The van der Waals surface area contributed by atoms with E-state index in [0.717, 1.165) is 24.3 Å². The van der Waals surface area contributed by atoms with Crippen molar-refractivity contribution in [3.05, 3.63) is 81.0 Å². The lowest BCUT2D eigenvalue weighted by atomic mass is 9.84. The summed E-state index contributed by atoms with van der Waals surface area (Å²) in [6, 6.07) is 9.65. The number of carbonyl (C=O) groups excluding carboxylic acids is 2. The van der Waals surface area contributed by atoms with E-state index >= 15 is 0 Å². The molecule has 0 fully saturated rings. The number of cyclic esters (lactones) is 1. The molecule has 1 amide bonds. The Morgan fingerprint density at radius 1 is 1.10 bits per heavy atom. The van der Waals surface area contributed by atoms with Gasteiger partial charge in [0, 0.05) is 30.2 Å². The zero-order valence-corrected chi connectivity index (χ0v) is 15.2. The van der Waals surface area contributed by atoms with Crippen LogP contribution in [-0.4, -0.2) is 23.4 Å². The van der Waals surface area contributed by atoms with Crippen molar-refractivity contribution < 1.29 is 32.4 Å². The fourth-order valence-corrected chi connectivity index (χ4v) is 3.69. The highest BCUT2D eigenvalue weighted by Crippen LogP contribution is 2.42. The number of alkyl halides is 3. The van der Waals surface area contributed by atoms with Crippen LogP contribution in [0.25, 0.3) is 0 Å². The molecular formula is C20H13F3N2O5.